The molecule has 0 bridgehead atoms. The second-order valence-electron chi connectivity index (χ2n) is 5.63. The van der Waals surface area contributed by atoms with Crippen LogP contribution in [0, 0.1) is 0 Å². The first-order valence-corrected chi connectivity index (χ1v) is 9.20. The van der Waals surface area contributed by atoms with Crippen molar-refractivity contribution in [3.63, 3.8) is 0 Å². The summed E-state index contributed by atoms with van der Waals surface area (Å²) in [5.74, 6) is -1.40. The molecule has 0 radical (unpaired) electrons. The highest BCUT2D eigenvalue weighted by molar-refractivity contribution is 7.17. The Morgan fingerprint density at radius 3 is 2.18 bits per heavy atom. The molecule has 3 aromatic rings. The van der Waals surface area contributed by atoms with E-state index in [4.69, 9.17) is 4.74 Å². The number of carbonyl (C=O) groups excluding carboxylic acids is 3. The number of thiazole rings is 1. The Balaban J connectivity index is 1.86. The maximum absolute atomic E-state index is 12.6. The Kier molecular flexibility index (Phi) is 6.13. The molecule has 142 valence electrons. The van der Waals surface area contributed by atoms with Gasteiger partial charge in [0.25, 0.3) is 5.91 Å². The van der Waals surface area contributed by atoms with Gasteiger partial charge in [0, 0.05) is 18.2 Å². The average molecular weight is 395 g/mol. The number of nitrogens with one attached hydrogen (secondary N) is 2. The van der Waals surface area contributed by atoms with Crippen molar-refractivity contribution in [2.75, 3.05) is 13.7 Å². The highest BCUT2D eigenvalue weighted by atomic mass is 32.1. The van der Waals surface area contributed by atoms with Crippen molar-refractivity contribution in [3.05, 3.63) is 65.5 Å². The van der Waals surface area contributed by atoms with Gasteiger partial charge < -0.3 is 10.1 Å². The van der Waals surface area contributed by atoms with E-state index in [0.717, 1.165) is 11.1 Å². The Bertz CT molecular complexity index is 987. The van der Waals surface area contributed by atoms with Crippen molar-refractivity contribution in [1.82, 2.24) is 15.6 Å². The molecular formula is C20H17N3O4S. The Morgan fingerprint density at radius 1 is 0.964 bits per heavy atom. The zero-order valence-electron chi connectivity index (χ0n) is 15.0. The number of hydrogen-bond donors (Lipinski definition) is 2. The highest BCUT2D eigenvalue weighted by Crippen LogP contribution is 2.34. The number of aromatic nitrogens is 1. The molecule has 1 aromatic heterocycles. The molecule has 0 saturated carbocycles. The van der Waals surface area contributed by atoms with Crippen LogP contribution in [0.1, 0.15) is 9.67 Å². The van der Waals surface area contributed by atoms with Crippen LogP contribution in [0.25, 0.3) is 21.8 Å². The number of nitrogens with zero attached hydrogens (tertiary/aromatic N) is 1. The molecule has 8 heteroatoms. The van der Waals surface area contributed by atoms with Gasteiger partial charge in [0.2, 0.25) is 0 Å². The summed E-state index contributed by atoms with van der Waals surface area (Å²) in [6, 6.07) is 18.1. The van der Waals surface area contributed by atoms with Gasteiger partial charge in [-0.2, -0.15) is 0 Å². The minimum Gasteiger partial charge on any atom is -0.451 e. The van der Waals surface area contributed by atoms with E-state index in [1.807, 2.05) is 66.0 Å². The van der Waals surface area contributed by atoms with Crippen molar-refractivity contribution in [3.8, 4) is 21.8 Å². The minimum absolute atomic E-state index is 0.290. The quantitative estimate of drug-likeness (QED) is 0.647. The summed E-state index contributed by atoms with van der Waals surface area (Å²) in [5, 5.41) is 4.95. The molecule has 0 unspecified atom stereocenters. The van der Waals surface area contributed by atoms with Crippen LogP contribution in [-0.4, -0.2) is 36.5 Å². The number of esters is 1. The molecule has 0 aliphatic carbocycles. The fraction of sp³-hybridized carbons (Fsp3) is 0.100. The van der Waals surface area contributed by atoms with Gasteiger partial charge >= 0.3 is 12.0 Å². The topological polar surface area (TPSA) is 97.4 Å². The molecule has 0 atom stereocenters. The fourth-order valence-corrected chi connectivity index (χ4v) is 3.36. The average Bonchev–Trinajstić information content (AvgIpc) is 3.19. The van der Waals surface area contributed by atoms with Crippen molar-refractivity contribution in [2.24, 2.45) is 0 Å². The first-order chi connectivity index (χ1) is 13.6. The van der Waals surface area contributed by atoms with Crippen molar-refractivity contribution in [2.45, 2.75) is 0 Å². The van der Waals surface area contributed by atoms with E-state index in [9.17, 15) is 14.4 Å². The number of amides is 3. The fourth-order valence-electron chi connectivity index (χ4n) is 2.38. The molecule has 0 fully saturated rings. The summed E-state index contributed by atoms with van der Waals surface area (Å²) >= 11 is 1.19. The van der Waals surface area contributed by atoms with Crippen LogP contribution in [-0.2, 0) is 9.53 Å². The normalized spacial score (nSPS) is 10.2. The van der Waals surface area contributed by atoms with E-state index >= 15 is 0 Å². The SMILES string of the molecule is CNC(=O)NC(=O)COC(=O)c1sc(-c2ccccc2)nc1-c1ccccc1. The van der Waals surface area contributed by atoms with Gasteiger partial charge in [-0.05, 0) is 0 Å². The van der Waals surface area contributed by atoms with E-state index in [0.29, 0.717) is 10.7 Å². The van der Waals surface area contributed by atoms with Gasteiger partial charge in [0.15, 0.2) is 6.61 Å². The Hall–Kier alpha value is -3.52. The largest absolute Gasteiger partial charge is 0.451 e. The predicted molar refractivity (Wildman–Crippen MR) is 106 cm³/mol. The third-order valence-electron chi connectivity index (χ3n) is 3.69. The standard InChI is InChI=1S/C20H17N3O4S/c1-21-20(26)22-15(24)12-27-19(25)17-16(13-8-4-2-5-9-13)23-18(28-17)14-10-6-3-7-11-14/h2-11H,12H2,1H3,(H2,21,22,24,26). The number of benzene rings is 2. The third-order valence-corrected chi connectivity index (χ3v) is 4.78. The summed E-state index contributed by atoms with van der Waals surface area (Å²) in [5.41, 5.74) is 2.13. The summed E-state index contributed by atoms with van der Waals surface area (Å²) < 4.78 is 5.09. The lowest BCUT2D eigenvalue weighted by atomic mass is 10.1. The van der Waals surface area contributed by atoms with Crippen molar-refractivity contribution < 1.29 is 19.1 Å². The van der Waals surface area contributed by atoms with Gasteiger partial charge in [-0.25, -0.2) is 14.6 Å². The van der Waals surface area contributed by atoms with E-state index in [-0.39, 0.29) is 4.88 Å². The van der Waals surface area contributed by atoms with Gasteiger partial charge in [0.1, 0.15) is 9.88 Å². The van der Waals surface area contributed by atoms with Gasteiger partial charge in [-0.3, -0.25) is 10.1 Å². The van der Waals surface area contributed by atoms with Crippen LogP contribution in [0.5, 0.6) is 0 Å². The lowest BCUT2D eigenvalue weighted by Crippen LogP contribution is -2.39. The summed E-state index contributed by atoms with van der Waals surface area (Å²) in [4.78, 5) is 40.3. The number of imide groups is 1. The van der Waals surface area contributed by atoms with Crippen LogP contribution >= 0.6 is 11.3 Å². The second kappa shape index (κ2) is 8.92. The monoisotopic (exact) mass is 395 g/mol. The van der Waals surface area contributed by atoms with E-state index in [1.54, 1.807) is 0 Å². The van der Waals surface area contributed by atoms with Gasteiger partial charge in [-0.15, -0.1) is 11.3 Å². The number of rotatable bonds is 5. The molecule has 2 N–H and O–H groups in total. The predicted octanol–water partition coefficient (Wildman–Crippen LogP) is 3.09. The molecule has 3 amide bonds. The van der Waals surface area contributed by atoms with Crippen LogP contribution < -0.4 is 10.6 Å². The number of urea groups is 1. The maximum Gasteiger partial charge on any atom is 0.351 e. The molecule has 0 saturated heterocycles. The highest BCUT2D eigenvalue weighted by Gasteiger charge is 2.22. The van der Waals surface area contributed by atoms with Crippen LogP contribution in [0.3, 0.4) is 0 Å². The lowest BCUT2D eigenvalue weighted by molar-refractivity contribution is -0.123. The van der Waals surface area contributed by atoms with Crippen LogP contribution in [0.15, 0.2) is 60.7 Å². The molecule has 0 aliphatic heterocycles. The van der Waals surface area contributed by atoms with E-state index < -0.39 is 24.5 Å². The zero-order valence-corrected chi connectivity index (χ0v) is 15.8. The number of hydrogen-bond acceptors (Lipinski definition) is 6. The zero-order chi connectivity index (χ0) is 19.9. The molecule has 7 nitrogen and oxygen atoms in total. The molecule has 0 aliphatic rings. The second-order valence-corrected chi connectivity index (χ2v) is 6.63. The van der Waals surface area contributed by atoms with Crippen molar-refractivity contribution in [1.29, 1.82) is 0 Å². The Morgan fingerprint density at radius 2 is 1.57 bits per heavy atom. The van der Waals surface area contributed by atoms with E-state index in [2.05, 4.69) is 10.3 Å². The van der Waals surface area contributed by atoms with E-state index in [1.165, 1.54) is 18.4 Å². The molecule has 0 spiro atoms. The molecule has 3 rings (SSSR count). The molecule has 2 aromatic carbocycles. The lowest BCUT2D eigenvalue weighted by Gasteiger charge is -2.05. The number of ether oxygens (including phenoxy) is 1. The van der Waals surface area contributed by atoms with Crippen molar-refractivity contribution >= 4 is 29.2 Å². The number of carbonyl (C=O) groups is 3. The van der Waals surface area contributed by atoms with Gasteiger partial charge in [0.05, 0.1) is 5.69 Å². The molecular weight excluding hydrogens is 378 g/mol. The Labute approximate surface area is 165 Å². The molecule has 1 heterocycles. The third kappa shape index (κ3) is 4.60. The van der Waals surface area contributed by atoms with Crippen LogP contribution in [0.2, 0.25) is 0 Å². The van der Waals surface area contributed by atoms with Crippen LogP contribution in [0.4, 0.5) is 4.79 Å². The first-order valence-electron chi connectivity index (χ1n) is 8.39. The van der Waals surface area contributed by atoms with Gasteiger partial charge in [-0.1, -0.05) is 60.7 Å². The minimum atomic E-state index is -0.721. The summed E-state index contributed by atoms with van der Waals surface area (Å²) in [7, 11) is 1.38. The first kappa shape index (κ1) is 19.2. The maximum atomic E-state index is 12.6. The molecule has 28 heavy (non-hydrogen) atoms. The smallest absolute Gasteiger partial charge is 0.351 e. The summed E-state index contributed by atoms with van der Waals surface area (Å²) in [6.45, 7) is -0.570. The summed E-state index contributed by atoms with van der Waals surface area (Å²) in [6.07, 6.45) is 0.